The molecule has 0 aliphatic carbocycles. The Hall–Kier alpha value is -2.01. The molecule has 0 atom stereocenters. The first kappa shape index (κ1) is 17.3. The summed E-state index contributed by atoms with van der Waals surface area (Å²) in [5, 5.41) is 10.3. The van der Waals surface area contributed by atoms with Gasteiger partial charge in [0.25, 0.3) is 0 Å². The van der Waals surface area contributed by atoms with Crippen LogP contribution < -0.4 is 0 Å². The first-order valence-electron chi connectivity index (χ1n) is 7.48. The van der Waals surface area contributed by atoms with Crippen molar-refractivity contribution in [2.45, 2.75) is 19.3 Å². The van der Waals surface area contributed by atoms with Gasteiger partial charge >= 0.3 is 12.1 Å². The maximum absolute atomic E-state index is 11.8. The maximum Gasteiger partial charge on any atom is 0.410 e. The lowest BCUT2D eigenvalue weighted by molar-refractivity contribution is -0.151. The fourth-order valence-corrected chi connectivity index (χ4v) is 3.01. The number of carbonyl (C=O) groups is 2. The average molecular weight is 338 g/mol. The van der Waals surface area contributed by atoms with Gasteiger partial charge in [-0.2, -0.15) is 0 Å². The number of carbonyl (C=O) groups excluding carboxylic acids is 1. The molecule has 23 heavy (non-hydrogen) atoms. The highest BCUT2D eigenvalue weighted by Gasteiger charge is 2.43. The zero-order valence-corrected chi connectivity index (χ0v) is 13.6. The van der Waals surface area contributed by atoms with Crippen molar-refractivity contribution in [1.29, 1.82) is 0 Å². The number of amides is 1. The average Bonchev–Trinajstić information content (AvgIpc) is 2.55. The molecule has 0 radical (unpaired) electrons. The number of piperidine rings is 1. The quantitative estimate of drug-likeness (QED) is 0.836. The fraction of sp³-hybridized carbons (Fsp3) is 0.412. The molecule has 0 unspecified atom stereocenters. The summed E-state index contributed by atoms with van der Waals surface area (Å²) in [4.78, 5) is 25.2. The Morgan fingerprint density at radius 2 is 2.00 bits per heavy atom. The Kier molecular flexibility index (Phi) is 5.66. The van der Waals surface area contributed by atoms with Gasteiger partial charge in [-0.15, -0.1) is 0 Å². The third-order valence-corrected chi connectivity index (χ3v) is 4.61. The summed E-state index contributed by atoms with van der Waals surface area (Å²) < 4.78 is 5.00. The maximum atomic E-state index is 11.8. The molecule has 0 aromatic heterocycles. The van der Waals surface area contributed by atoms with Crippen LogP contribution in [-0.2, 0) is 16.0 Å². The van der Waals surface area contributed by atoms with Crippen LogP contribution in [0.25, 0.3) is 0 Å². The largest absolute Gasteiger partial charge is 0.481 e. The molecule has 1 aromatic carbocycles. The number of likely N-dealkylation sites (tertiary alicyclic amines) is 1. The molecule has 1 aromatic rings. The van der Waals surface area contributed by atoms with Crippen LogP contribution in [0, 0.1) is 5.41 Å². The molecule has 1 heterocycles. The van der Waals surface area contributed by atoms with Crippen LogP contribution in [0.2, 0.25) is 5.02 Å². The minimum Gasteiger partial charge on any atom is -0.481 e. The van der Waals surface area contributed by atoms with Crippen molar-refractivity contribution in [1.82, 2.24) is 4.90 Å². The Morgan fingerprint density at radius 3 is 2.57 bits per heavy atom. The molecule has 0 bridgehead atoms. The number of carboxylic acid groups (broad SMARTS) is 1. The number of halogens is 1. The van der Waals surface area contributed by atoms with E-state index in [2.05, 4.69) is 6.58 Å². The van der Waals surface area contributed by atoms with E-state index in [1.165, 1.54) is 11.0 Å². The van der Waals surface area contributed by atoms with E-state index in [1.807, 2.05) is 18.2 Å². The normalized spacial score (nSPS) is 16.7. The number of benzene rings is 1. The number of hydrogen-bond donors (Lipinski definition) is 1. The molecule has 0 spiro atoms. The lowest BCUT2D eigenvalue weighted by Crippen LogP contribution is -2.47. The van der Waals surface area contributed by atoms with Gasteiger partial charge in [-0.3, -0.25) is 4.79 Å². The van der Waals surface area contributed by atoms with E-state index in [9.17, 15) is 14.7 Å². The Labute approximate surface area is 140 Å². The zero-order chi connectivity index (χ0) is 16.9. The molecule has 1 saturated heterocycles. The minimum absolute atomic E-state index is 0.152. The summed E-state index contributed by atoms with van der Waals surface area (Å²) in [6.45, 7) is 4.35. The fourth-order valence-electron chi connectivity index (χ4n) is 2.81. The summed E-state index contributed by atoms with van der Waals surface area (Å²) in [5.74, 6) is -0.850. The number of nitrogens with zero attached hydrogens (tertiary/aromatic N) is 1. The summed E-state index contributed by atoms with van der Waals surface area (Å²) in [7, 11) is 0. The number of rotatable bonds is 5. The third kappa shape index (κ3) is 4.05. The predicted octanol–water partition coefficient (Wildman–Crippen LogP) is 3.37. The zero-order valence-electron chi connectivity index (χ0n) is 12.8. The molecule has 124 valence electrons. The van der Waals surface area contributed by atoms with Crippen LogP contribution in [0.3, 0.4) is 0 Å². The highest BCUT2D eigenvalue weighted by atomic mass is 35.5. The second-order valence-corrected chi connectivity index (χ2v) is 6.11. The van der Waals surface area contributed by atoms with Crippen LogP contribution in [0.5, 0.6) is 0 Å². The van der Waals surface area contributed by atoms with Gasteiger partial charge in [0.05, 0.1) is 5.41 Å². The summed E-state index contributed by atoms with van der Waals surface area (Å²) in [6, 6.07) is 7.27. The SMILES string of the molecule is C=CCOC(=O)N1CCC(Cc2ccccc2Cl)(C(=O)O)CC1. The van der Waals surface area contributed by atoms with Gasteiger partial charge in [-0.1, -0.05) is 42.5 Å². The van der Waals surface area contributed by atoms with Crippen molar-refractivity contribution in [3.05, 3.63) is 47.5 Å². The molecule has 1 aliphatic rings. The Balaban J connectivity index is 2.07. The Bertz CT molecular complexity index is 594. The van der Waals surface area contributed by atoms with E-state index in [0.29, 0.717) is 37.4 Å². The van der Waals surface area contributed by atoms with Gasteiger partial charge in [0, 0.05) is 18.1 Å². The van der Waals surface area contributed by atoms with E-state index >= 15 is 0 Å². The van der Waals surface area contributed by atoms with Gasteiger partial charge < -0.3 is 14.7 Å². The lowest BCUT2D eigenvalue weighted by atomic mass is 9.74. The van der Waals surface area contributed by atoms with E-state index in [4.69, 9.17) is 16.3 Å². The highest BCUT2D eigenvalue weighted by molar-refractivity contribution is 6.31. The number of hydrogen-bond acceptors (Lipinski definition) is 3. The van der Waals surface area contributed by atoms with Crippen molar-refractivity contribution in [3.63, 3.8) is 0 Å². The number of aliphatic carboxylic acids is 1. The molecule has 1 aliphatic heterocycles. The van der Waals surface area contributed by atoms with E-state index in [-0.39, 0.29) is 6.61 Å². The summed E-state index contributed by atoms with van der Waals surface area (Å²) in [5.41, 5.74) is -0.0838. The van der Waals surface area contributed by atoms with Crippen LogP contribution in [0.1, 0.15) is 18.4 Å². The molecule has 1 fully saturated rings. The van der Waals surface area contributed by atoms with E-state index in [1.54, 1.807) is 6.07 Å². The smallest absolute Gasteiger partial charge is 0.410 e. The van der Waals surface area contributed by atoms with Crippen LogP contribution in [0.4, 0.5) is 4.79 Å². The van der Waals surface area contributed by atoms with Crippen molar-refractivity contribution >= 4 is 23.7 Å². The van der Waals surface area contributed by atoms with Gasteiger partial charge in [-0.25, -0.2) is 4.79 Å². The molecular formula is C17H20ClNO4. The molecule has 2 rings (SSSR count). The van der Waals surface area contributed by atoms with Crippen molar-refractivity contribution < 1.29 is 19.4 Å². The predicted molar refractivity (Wildman–Crippen MR) is 87.6 cm³/mol. The monoisotopic (exact) mass is 337 g/mol. The second-order valence-electron chi connectivity index (χ2n) is 5.71. The first-order chi connectivity index (χ1) is 11.0. The van der Waals surface area contributed by atoms with Crippen molar-refractivity contribution in [2.75, 3.05) is 19.7 Å². The standard InChI is InChI=1S/C17H20ClNO4/c1-2-11-23-16(22)19-9-7-17(8-10-19,15(20)21)12-13-5-3-4-6-14(13)18/h2-6H,1,7-12H2,(H,20,21). The topological polar surface area (TPSA) is 66.8 Å². The minimum atomic E-state index is -0.903. The molecule has 5 nitrogen and oxygen atoms in total. The van der Waals surface area contributed by atoms with E-state index in [0.717, 1.165) is 5.56 Å². The van der Waals surface area contributed by atoms with Gasteiger partial charge in [0.15, 0.2) is 0 Å². The third-order valence-electron chi connectivity index (χ3n) is 4.24. The summed E-state index contributed by atoms with van der Waals surface area (Å²) in [6.07, 6.45) is 2.17. The number of carboxylic acids is 1. The van der Waals surface area contributed by atoms with E-state index < -0.39 is 17.5 Å². The molecular weight excluding hydrogens is 318 g/mol. The summed E-state index contributed by atoms with van der Waals surface area (Å²) >= 11 is 6.16. The van der Waals surface area contributed by atoms with Gasteiger partial charge in [0.1, 0.15) is 6.61 Å². The molecule has 1 amide bonds. The first-order valence-corrected chi connectivity index (χ1v) is 7.86. The van der Waals surface area contributed by atoms with Crippen molar-refractivity contribution in [3.8, 4) is 0 Å². The highest BCUT2D eigenvalue weighted by Crippen LogP contribution is 2.37. The van der Waals surface area contributed by atoms with Crippen LogP contribution in [0.15, 0.2) is 36.9 Å². The van der Waals surface area contributed by atoms with Crippen molar-refractivity contribution in [2.24, 2.45) is 5.41 Å². The molecule has 0 saturated carbocycles. The second kappa shape index (κ2) is 7.51. The van der Waals surface area contributed by atoms with Crippen LogP contribution >= 0.6 is 11.6 Å². The molecule has 1 N–H and O–H groups in total. The lowest BCUT2D eigenvalue weighted by Gasteiger charge is -2.38. The molecule has 6 heteroatoms. The van der Waals surface area contributed by atoms with Gasteiger partial charge in [0.2, 0.25) is 0 Å². The van der Waals surface area contributed by atoms with Crippen LogP contribution in [-0.4, -0.2) is 41.8 Å². The Morgan fingerprint density at radius 1 is 1.35 bits per heavy atom. The van der Waals surface area contributed by atoms with Gasteiger partial charge in [-0.05, 0) is 30.9 Å². The number of ether oxygens (including phenoxy) is 1.